The Morgan fingerprint density at radius 1 is 1.50 bits per heavy atom. The van der Waals surface area contributed by atoms with E-state index in [1.54, 1.807) is 0 Å². The van der Waals surface area contributed by atoms with Gasteiger partial charge in [0.15, 0.2) is 0 Å². The minimum atomic E-state index is 0.0200. The SMILES string of the molecule is [B]c1cc(C)ccc1CO. The molecule has 2 radical (unpaired) electrons. The number of aliphatic hydroxyl groups is 1. The van der Waals surface area contributed by atoms with E-state index in [1.807, 2.05) is 25.1 Å². The molecule has 1 nitrogen and oxygen atoms in total. The Hall–Kier alpha value is -0.755. The monoisotopic (exact) mass is 132 g/mol. The topological polar surface area (TPSA) is 20.2 Å². The first-order valence-corrected chi connectivity index (χ1v) is 3.20. The highest BCUT2D eigenvalue weighted by molar-refractivity contribution is 6.33. The molecule has 0 aromatic heterocycles. The number of aryl methyl sites for hydroxylation is 1. The fourth-order valence-electron chi connectivity index (χ4n) is 0.858. The highest BCUT2D eigenvalue weighted by Crippen LogP contribution is 1.98. The normalized spacial score (nSPS) is 9.80. The van der Waals surface area contributed by atoms with E-state index >= 15 is 0 Å². The van der Waals surface area contributed by atoms with Gasteiger partial charge in [0, 0.05) is 0 Å². The fourth-order valence-corrected chi connectivity index (χ4v) is 0.858. The van der Waals surface area contributed by atoms with Crippen LogP contribution in [0.3, 0.4) is 0 Å². The molecule has 0 fully saturated rings. The average molecular weight is 132 g/mol. The van der Waals surface area contributed by atoms with Gasteiger partial charge in [-0.3, -0.25) is 0 Å². The average Bonchev–Trinajstić information content (AvgIpc) is 1.88. The summed E-state index contributed by atoms with van der Waals surface area (Å²) < 4.78 is 0. The summed E-state index contributed by atoms with van der Waals surface area (Å²) in [6, 6.07) is 5.62. The molecule has 0 spiro atoms. The van der Waals surface area contributed by atoms with E-state index in [4.69, 9.17) is 13.0 Å². The Kier molecular flexibility index (Phi) is 2.12. The molecule has 50 valence electrons. The van der Waals surface area contributed by atoms with Crippen LogP contribution in [0.25, 0.3) is 0 Å². The Morgan fingerprint density at radius 3 is 2.70 bits per heavy atom. The molecule has 0 unspecified atom stereocenters. The van der Waals surface area contributed by atoms with Crippen LogP contribution in [0.4, 0.5) is 0 Å². The molecule has 2 heteroatoms. The minimum absolute atomic E-state index is 0.0200. The highest BCUT2D eigenvalue weighted by Gasteiger charge is 1.93. The van der Waals surface area contributed by atoms with E-state index in [0.717, 1.165) is 11.1 Å². The number of hydrogen-bond donors (Lipinski definition) is 1. The van der Waals surface area contributed by atoms with Crippen LogP contribution in [0.1, 0.15) is 11.1 Å². The largest absolute Gasteiger partial charge is 0.392 e. The molecule has 0 aliphatic carbocycles. The second-order valence-electron chi connectivity index (χ2n) is 2.36. The molecule has 0 aliphatic heterocycles. The van der Waals surface area contributed by atoms with Crippen molar-refractivity contribution in [1.29, 1.82) is 0 Å². The lowest BCUT2D eigenvalue weighted by atomic mass is 9.89. The predicted octanol–water partition coefficient (Wildman–Crippen LogP) is 0.281. The molecule has 0 saturated heterocycles. The molecule has 0 heterocycles. The van der Waals surface area contributed by atoms with Crippen LogP contribution >= 0.6 is 0 Å². The Labute approximate surface area is 62.1 Å². The van der Waals surface area contributed by atoms with Gasteiger partial charge < -0.3 is 5.11 Å². The molecule has 1 aromatic rings. The van der Waals surface area contributed by atoms with E-state index in [-0.39, 0.29) is 6.61 Å². The summed E-state index contributed by atoms with van der Waals surface area (Å²) in [6.45, 7) is 1.99. The van der Waals surface area contributed by atoms with Crippen LogP contribution in [0.2, 0.25) is 0 Å². The van der Waals surface area contributed by atoms with Crippen molar-refractivity contribution >= 4 is 13.3 Å². The van der Waals surface area contributed by atoms with Gasteiger partial charge in [-0.25, -0.2) is 0 Å². The number of hydrogen-bond acceptors (Lipinski definition) is 1. The van der Waals surface area contributed by atoms with Gasteiger partial charge in [-0.05, 0) is 12.5 Å². The van der Waals surface area contributed by atoms with E-state index in [2.05, 4.69) is 0 Å². The summed E-state index contributed by atoms with van der Waals surface area (Å²) in [6.07, 6.45) is 0. The van der Waals surface area contributed by atoms with Gasteiger partial charge >= 0.3 is 0 Å². The van der Waals surface area contributed by atoms with Crippen molar-refractivity contribution < 1.29 is 5.11 Å². The van der Waals surface area contributed by atoms with Crippen LogP contribution < -0.4 is 5.46 Å². The summed E-state index contributed by atoms with van der Waals surface area (Å²) in [5, 5.41) is 8.73. The third kappa shape index (κ3) is 1.39. The summed E-state index contributed by atoms with van der Waals surface area (Å²) in [5.41, 5.74) is 2.59. The predicted molar refractivity (Wildman–Crippen MR) is 42.5 cm³/mol. The zero-order chi connectivity index (χ0) is 7.56. The van der Waals surface area contributed by atoms with Crippen LogP contribution in [-0.2, 0) is 6.61 Å². The van der Waals surface area contributed by atoms with E-state index < -0.39 is 0 Å². The minimum Gasteiger partial charge on any atom is -0.392 e. The van der Waals surface area contributed by atoms with Gasteiger partial charge in [-0.15, -0.1) is 0 Å². The number of benzene rings is 1. The number of rotatable bonds is 1. The Morgan fingerprint density at radius 2 is 2.20 bits per heavy atom. The summed E-state index contributed by atoms with van der Waals surface area (Å²) >= 11 is 0. The van der Waals surface area contributed by atoms with Gasteiger partial charge in [-0.2, -0.15) is 0 Å². The lowest BCUT2D eigenvalue weighted by molar-refractivity contribution is 0.283. The lowest BCUT2D eigenvalue weighted by Gasteiger charge is -2.02. The van der Waals surface area contributed by atoms with Gasteiger partial charge in [0.25, 0.3) is 0 Å². The van der Waals surface area contributed by atoms with Crippen LogP contribution in [0, 0.1) is 6.92 Å². The molecule has 1 aromatic carbocycles. The van der Waals surface area contributed by atoms with Gasteiger partial charge in [0.1, 0.15) is 7.85 Å². The van der Waals surface area contributed by atoms with Crippen LogP contribution in [0.15, 0.2) is 18.2 Å². The molecule has 0 bridgehead atoms. The smallest absolute Gasteiger partial charge is 0.114 e. The molecule has 0 amide bonds. The first kappa shape index (κ1) is 7.35. The molecule has 0 atom stereocenters. The van der Waals surface area contributed by atoms with E-state index in [9.17, 15) is 0 Å². The van der Waals surface area contributed by atoms with E-state index in [0.29, 0.717) is 5.46 Å². The van der Waals surface area contributed by atoms with Gasteiger partial charge in [0.05, 0.1) is 6.61 Å². The van der Waals surface area contributed by atoms with Crippen molar-refractivity contribution in [2.45, 2.75) is 13.5 Å². The number of aliphatic hydroxyl groups excluding tert-OH is 1. The molecule has 1 rings (SSSR count). The molecule has 10 heavy (non-hydrogen) atoms. The summed E-state index contributed by atoms with van der Waals surface area (Å²) in [5.74, 6) is 0. The molecule has 0 saturated carbocycles. The third-order valence-electron chi connectivity index (χ3n) is 1.47. The van der Waals surface area contributed by atoms with E-state index in [1.165, 1.54) is 0 Å². The maximum absolute atomic E-state index is 8.73. The van der Waals surface area contributed by atoms with Gasteiger partial charge in [-0.1, -0.05) is 29.2 Å². The zero-order valence-electron chi connectivity index (χ0n) is 5.96. The molecular formula is C8H9BO. The third-order valence-corrected chi connectivity index (χ3v) is 1.47. The zero-order valence-corrected chi connectivity index (χ0v) is 5.96. The van der Waals surface area contributed by atoms with Crippen molar-refractivity contribution in [2.24, 2.45) is 0 Å². The standard InChI is InChI=1S/C8H9BO/c1-6-2-3-7(5-10)8(9)4-6/h2-4,10H,5H2,1H3. The summed E-state index contributed by atoms with van der Waals surface area (Å²) in [4.78, 5) is 0. The highest BCUT2D eigenvalue weighted by atomic mass is 16.3. The van der Waals surface area contributed by atoms with Crippen molar-refractivity contribution in [2.75, 3.05) is 0 Å². The maximum atomic E-state index is 8.73. The van der Waals surface area contributed by atoms with Gasteiger partial charge in [0.2, 0.25) is 0 Å². The first-order valence-electron chi connectivity index (χ1n) is 3.20. The van der Waals surface area contributed by atoms with Crippen LogP contribution in [-0.4, -0.2) is 13.0 Å². The fraction of sp³-hybridized carbons (Fsp3) is 0.250. The Bertz CT molecular complexity index is 233. The molecule has 1 N–H and O–H groups in total. The lowest BCUT2D eigenvalue weighted by Crippen LogP contribution is -2.09. The van der Waals surface area contributed by atoms with Crippen LogP contribution in [0.5, 0.6) is 0 Å². The molecular weight excluding hydrogens is 123 g/mol. The molecule has 0 aliphatic rings. The maximum Gasteiger partial charge on any atom is 0.114 e. The Balaban J connectivity index is 3.07. The van der Waals surface area contributed by atoms with Crippen molar-refractivity contribution in [1.82, 2.24) is 0 Å². The van der Waals surface area contributed by atoms with Crippen molar-refractivity contribution in [3.05, 3.63) is 29.3 Å². The first-order chi connectivity index (χ1) is 4.74. The van der Waals surface area contributed by atoms with Crippen molar-refractivity contribution in [3.8, 4) is 0 Å². The van der Waals surface area contributed by atoms with Crippen molar-refractivity contribution in [3.63, 3.8) is 0 Å². The quantitative estimate of drug-likeness (QED) is 0.544. The summed E-state index contributed by atoms with van der Waals surface area (Å²) in [7, 11) is 5.57. The second kappa shape index (κ2) is 2.89. The second-order valence-corrected chi connectivity index (χ2v) is 2.36.